The zero-order chi connectivity index (χ0) is 15.9. The molecule has 0 spiro atoms. The summed E-state index contributed by atoms with van der Waals surface area (Å²) >= 11 is 0. The van der Waals surface area contributed by atoms with Crippen molar-refractivity contribution in [1.29, 1.82) is 0 Å². The number of nitrogens with one attached hydrogen (secondary N) is 1. The summed E-state index contributed by atoms with van der Waals surface area (Å²) in [6, 6.07) is 7.48. The van der Waals surface area contributed by atoms with Gasteiger partial charge in [0.1, 0.15) is 11.4 Å². The Kier molecular flexibility index (Phi) is 5.24. The molecule has 0 saturated carbocycles. The number of aliphatic carboxylic acids is 1. The van der Waals surface area contributed by atoms with E-state index in [1.165, 1.54) is 0 Å². The Hall–Kier alpha value is -2.70. The lowest BCUT2D eigenvalue weighted by atomic mass is 10.2. The fraction of sp³-hybridized carbons (Fsp3) is 0.333. The Bertz CT molecular complexity index is 673. The van der Waals surface area contributed by atoms with Gasteiger partial charge in [-0.2, -0.15) is 9.98 Å². The molecule has 1 aromatic heterocycles. The third kappa shape index (κ3) is 4.69. The van der Waals surface area contributed by atoms with Crippen LogP contribution in [0.1, 0.15) is 32.6 Å². The van der Waals surface area contributed by atoms with Gasteiger partial charge in [-0.3, -0.25) is 9.59 Å². The van der Waals surface area contributed by atoms with Gasteiger partial charge in [-0.25, -0.2) is 0 Å². The molecule has 0 aliphatic carbocycles. The number of aliphatic imine (C=N–C) groups is 1. The van der Waals surface area contributed by atoms with Crippen molar-refractivity contribution in [3.63, 3.8) is 0 Å². The molecular formula is C15H17N3O4. The highest BCUT2D eigenvalue weighted by Crippen LogP contribution is 2.20. The summed E-state index contributed by atoms with van der Waals surface area (Å²) in [4.78, 5) is 30.3. The molecule has 116 valence electrons. The van der Waals surface area contributed by atoms with Crippen LogP contribution in [-0.4, -0.2) is 27.8 Å². The average Bonchev–Trinajstić information content (AvgIpc) is 2.85. The molecule has 0 atom stereocenters. The van der Waals surface area contributed by atoms with E-state index >= 15 is 0 Å². The number of benzene rings is 1. The highest BCUT2D eigenvalue weighted by molar-refractivity contribution is 5.97. The van der Waals surface area contributed by atoms with Crippen molar-refractivity contribution < 1.29 is 19.1 Å². The number of hydrogen-bond acceptors (Lipinski definition) is 5. The van der Waals surface area contributed by atoms with E-state index in [1.54, 1.807) is 13.0 Å². The molecule has 7 heteroatoms. The molecular weight excluding hydrogens is 286 g/mol. The predicted octanol–water partition coefficient (Wildman–Crippen LogP) is 2.64. The topological polar surface area (TPSA) is 105 Å². The lowest BCUT2D eigenvalue weighted by Crippen LogP contribution is -2.27. The molecule has 0 radical (unpaired) electrons. The Morgan fingerprint density at radius 1 is 1.27 bits per heavy atom. The molecule has 1 amide bonds. The van der Waals surface area contributed by atoms with Crippen molar-refractivity contribution in [3.8, 4) is 0 Å². The molecule has 0 bridgehead atoms. The summed E-state index contributed by atoms with van der Waals surface area (Å²) in [5.74, 6) is -0.674. The van der Waals surface area contributed by atoms with E-state index < -0.39 is 5.97 Å². The van der Waals surface area contributed by atoms with E-state index in [1.807, 2.05) is 18.2 Å². The highest BCUT2D eigenvalue weighted by atomic mass is 16.4. The number of nitrogens with zero attached hydrogens (tertiary/aromatic N) is 2. The Balaban J connectivity index is 1.86. The van der Waals surface area contributed by atoms with Crippen LogP contribution in [0.3, 0.4) is 0 Å². The first-order valence-corrected chi connectivity index (χ1v) is 6.97. The number of aromatic nitrogens is 1. The minimum absolute atomic E-state index is 0.0727. The van der Waals surface area contributed by atoms with E-state index in [0.29, 0.717) is 29.8 Å². The van der Waals surface area contributed by atoms with Gasteiger partial charge in [-0.1, -0.05) is 12.1 Å². The Labute approximate surface area is 127 Å². The largest absolute Gasteiger partial charge is 0.481 e. The van der Waals surface area contributed by atoms with Crippen molar-refractivity contribution in [2.24, 2.45) is 4.99 Å². The van der Waals surface area contributed by atoms with Crippen LogP contribution < -0.4 is 5.32 Å². The summed E-state index contributed by atoms with van der Waals surface area (Å²) in [5, 5.41) is 11.1. The summed E-state index contributed by atoms with van der Waals surface area (Å²) in [6.07, 6.45) is 1.33. The number of carbonyl (C=O) groups excluding carboxylic acids is 1. The summed E-state index contributed by atoms with van der Waals surface area (Å²) < 4.78 is 5.43. The van der Waals surface area contributed by atoms with E-state index in [0.717, 1.165) is 0 Å². The van der Waals surface area contributed by atoms with Gasteiger partial charge in [-0.15, -0.1) is 0 Å². The Morgan fingerprint density at radius 2 is 2.00 bits per heavy atom. The SMILES string of the molecule is CC(=Nc1nc2ccccc2o1)NC(=O)CCCCC(=O)O. The lowest BCUT2D eigenvalue weighted by molar-refractivity contribution is -0.137. The van der Waals surface area contributed by atoms with Gasteiger partial charge >= 0.3 is 12.0 Å². The number of carbonyl (C=O) groups is 2. The minimum Gasteiger partial charge on any atom is -0.481 e. The van der Waals surface area contributed by atoms with Gasteiger partial charge in [0.2, 0.25) is 5.91 Å². The molecule has 1 heterocycles. The van der Waals surface area contributed by atoms with Gasteiger partial charge in [0.05, 0.1) is 0 Å². The van der Waals surface area contributed by atoms with Crippen molar-refractivity contribution in [3.05, 3.63) is 24.3 Å². The molecule has 2 rings (SSSR count). The zero-order valence-electron chi connectivity index (χ0n) is 12.2. The fourth-order valence-corrected chi connectivity index (χ4v) is 1.91. The van der Waals surface area contributed by atoms with Gasteiger partial charge in [-0.05, 0) is 31.9 Å². The van der Waals surface area contributed by atoms with E-state index in [4.69, 9.17) is 9.52 Å². The second kappa shape index (κ2) is 7.35. The van der Waals surface area contributed by atoms with E-state index in [9.17, 15) is 9.59 Å². The fourth-order valence-electron chi connectivity index (χ4n) is 1.91. The number of unbranched alkanes of at least 4 members (excludes halogenated alkanes) is 1. The van der Waals surface area contributed by atoms with Crippen molar-refractivity contribution in [2.75, 3.05) is 0 Å². The second-order valence-electron chi connectivity index (χ2n) is 4.81. The highest BCUT2D eigenvalue weighted by Gasteiger charge is 2.07. The van der Waals surface area contributed by atoms with Crippen molar-refractivity contribution in [2.45, 2.75) is 32.6 Å². The monoisotopic (exact) mass is 303 g/mol. The molecule has 0 aliphatic rings. The van der Waals surface area contributed by atoms with Crippen molar-refractivity contribution >= 4 is 34.8 Å². The number of amidine groups is 1. The quantitative estimate of drug-likeness (QED) is 0.485. The number of hydrogen-bond donors (Lipinski definition) is 2. The number of amides is 1. The number of oxazole rings is 1. The molecule has 7 nitrogen and oxygen atoms in total. The third-order valence-electron chi connectivity index (χ3n) is 2.91. The normalized spacial score (nSPS) is 11.6. The smallest absolute Gasteiger partial charge is 0.324 e. The molecule has 0 aliphatic heterocycles. The molecule has 1 aromatic carbocycles. The first-order chi connectivity index (χ1) is 10.5. The molecule has 0 unspecified atom stereocenters. The number of carboxylic acid groups (broad SMARTS) is 1. The van der Waals surface area contributed by atoms with E-state index in [-0.39, 0.29) is 24.8 Å². The number of fused-ring (bicyclic) bond motifs is 1. The predicted molar refractivity (Wildman–Crippen MR) is 81.0 cm³/mol. The van der Waals surface area contributed by atoms with Crippen LogP contribution in [0.25, 0.3) is 11.1 Å². The maximum absolute atomic E-state index is 11.7. The van der Waals surface area contributed by atoms with Crippen molar-refractivity contribution in [1.82, 2.24) is 10.3 Å². The lowest BCUT2D eigenvalue weighted by Gasteiger charge is -2.02. The maximum atomic E-state index is 11.7. The molecule has 0 saturated heterocycles. The van der Waals surface area contributed by atoms with Gasteiger partial charge in [0.25, 0.3) is 0 Å². The second-order valence-corrected chi connectivity index (χ2v) is 4.81. The number of rotatable bonds is 6. The summed E-state index contributed by atoms with van der Waals surface area (Å²) in [7, 11) is 0. The van der Waals surface area contributed by atoms with Crippen LogP contribution in [0, 0.1) is 0 Å². The maximum Gasteiger partial charge on any atom is 0.324 e. The average molecular weight is 303 g/mol. The van der Waals surface area contributed by atoms with E-state index in [2.05, 4.69) is 15.3 Å². The first kappa shape index (κ1) is 15.7. The zero-order valence-corrected chi connectivity index (χ0v) is 12.2. The van der Waals surface area contributed by atoms with Crippen LogP contribution in [0.4, 0.5) is 6.01 Å². The first-order valence-electron chi connectivity index (χ1n) is 6.97. The van der Waals surface area contributed by atoms with Crippen LogP contribution in [0.2, 0.25) is 0 Å². The molecule has 2 N–H and O–H groups in total. The number of para-hydroxylation sites is 2. The summed E-state index contributed by atoms with van der Waals surface area (Å²) in [5.41, 5.74) is 1.34. The van der Waals surface area contributed by atoms with Crippen LogP contribution >= 0.6 is 0 Å². The Morgan fingerprint density at radius 3 is 2.73 bits per heavy atom. The van der Waals surface area contributed by atoms with Crippen LogP contribution in [-0.2, 0) is 9.59 Å². The summed E-state index contributed by atoms with van der Waals surface area (Å²) in [6.45, 7) is 1.64. The van der Waals surface area contributed by atoms with Gasteiger partial charge in [0.15, 0.2) is 5.58 Å². The van der Waals surface area contributed by atoms with Crippen LogP contribution in [0.15, 0.2) is 33.7 Å². The molecule has 0 fully saturated rings. The minimum atomic E-state index is -0.853. The van der Waals surface area contributed by atoms with Gasteiger partial charge in [0, 0.05) is 12.8 Å². The molecule has 22 heavy (non-hydrogen) atoms. The molecule has 2 aromatic rings. The third-order valence-corrected chi connectivity index (χ3v) is 2.91. The standard InChI is InChI=1S/C15H17N3O4/c1-10(16-13(19)8-4-5-9-14(20)21)17-15-18-11-6-2-3-7-12(11)22-15/h2-3,6-7H,4-5,8-9H2,1H3,(H,20,21)(H,16,17,18,19). The van der Waals surface area contributed by atoms with Gasteiger partial charge < -0.3 is 14.8 Å². The van der Waals surface area contributed by atoms with Crippen LogP contribution in [0.5, 0.6) is 0 Å². The number of carboxylic acids is 1.